The van der Waals surface area contributed by atoms with Crippen molar-refractivity contribution in [3.63, 3.8) is 0 Å². The van der Waals surface area contributed by atoms with Crippen LogP contribution in [0.3, 0.4) is 0 Å². The van der Waals surface area contributed by atoms with Gasteiger partial charge in [0.1, 0.15) is 0 Å². The molecule has 0 amide bonds. The van der Waals surface area contributed by atoms with Crippen molar-refractivity contribution in [2.45, 2.75) is 39.5 Å². The summed E-state index contributed by atoms with van der Waals surface area (Å²) in [4.78, 5) is 0. The Balaban J connectivity index is 0. The molecule has 0 bridgehead atoms. The third-order valence-corrected chi connectivity index (χ3v) is 1.10. The van der Waals surface area contributed by atoms with Crippen LogP contribution in [-0.4, -0.2) is 0 Å². The zero-order valence-electron chi connectivity index (χ0n) is 6.87. The summed E-state index contributed by atoms with van der Waals surface area (Å²) in [6, 6.07) is 0. The first-order valence-electron chi connectivity index (χ1n) is 3.73. The zero-order chi connectivity index (χ0) is 8.24. The molecule has 0 heterocycles. The third-order valence-electron chi connectivity index (χ3n) is 1.10. The molecule has 0 fully saturated rings. The summed E-state index contributed by atoms with van der Waals surface area (Å²) in [5.74, 6) is 0. The van der Waals surface area contributed by atoms with Crippen molar-refractivity contribution in [3.05, 3.63) is 6.42 Å². The van der Waals surface area contributed by atoms with Gasteiger partial charge in [0.05, 0.1) is 0 Å². The molecule has 0 N–H and O–H groups in total. The molecule has 10 heavy (non-hydrogen) atoms. The topological polar surface area (TPSA) is 0 Å². The first-order valence-corrected chi connectivity index (χ1v) is 17.6. The molecule has 59 valence electrons. The van der Waals surface area contributed by atoms with Gasteiger partial charge in [0, 0.05) is 0 Å². The second-order valence-corrected chi connectivity index (χ2v) is 16.1. The number of hydrogen-bond acceptors (Lipinski definition) is 0. The Morgan fingerprint density at radius 2 is 1.80 bits per heavy atom. The van der Waals surface area contributed by atoms with Gasteiger partial charge in [-0.1, -0.05) is 39.5 Å². The van der Waals surface area contributed by atoms with Crippen LogP contribution in [0.4, 0.5) is 0 Å². The molecule has 0 aliphatic heterocycles. The number of halogens is 2. The Morgan fingerprint density at radius 1 is 1.30 bits per heavy atom. The van der Waals surface area contributed by atoms with Gasteiger partial charge in [-0.2, -0.15) is 0 Å². The second-order valence-electron chi connectivity index (χ2n) is 2.01. The predicted molar refractivity (Wildman–Crippen MR) is 52.0 cm³/mol. The van der Waals surface area contributed by atoms with Crippen LogP contribution in [0.1, 0.15) is 39.5 Å². The van der Waals surface area contributed by atoms with Gasteiger partial charge in [-0.25, -0.2) is 0 Å². The summed E-state index contributed by atoms with van der Waals surface area (Å²) < 4.78 is 0. The molecule has 3 heteroatoms. The van der Waals surface area contributed by atoms with E-state index in [0.717, 1.165) is 0 Å². The van der Waals surface area contributed by atoms with Gasteiger partial charge in [-0.05, 0) is 6.42 Å². The Labute approximate surface area is 85.8 Å². The second kappa shape index (κ2) is 16.9. The SMILES string of the molecule is C[CH]CCCCC.[Br][Zn][Br]. The first kappa shape index (κ1) is 14.1. The maximum absolute atomic E-state index is 3.25. The average molecular weight is 324 g/mol. The molecule has 0 unspecified atom stereocenters. The molecule has 0 aromatic carbocycles. The molecule has 0 aliphatic rings. The standard InChI is InChI=1S/C7H15.2BrH.Zn/c1-3-5-7-6-4-2;;;/h3H,4-7H2,1-2H3;2*1H;/q;;;+2/p-2. The molecule has 0 nitrogen and oxygen atoms in total. The number of hydrogen-bond donors (Lipinski definition) is 0. The summed E-state index contributed by atoms with van der Waals surface area (Å²) >= 11 is 6.25. The summed E-state index contributed by atoms with van der Waals surface area (Å²) in [6.45, 7) is 4.35. The van der Waals surface area contributed by atoms with Crippen molar-refractivity contribution >= 4 is 27.2 Å². The van der Waals surface area contributed by atoms with E-state index < -0.39 is 0 Å². The summed E-state index contributed by atoms with van der Waals surface area (Å²) in [5, 5.41) is 0. The van der Waals surface area contributed by atoms with Gasteiger partial charge in [-0.3, -0.25) is 0 Å². The molecule has 1 radical (unpaired) electrons. The molecule has 0 saturated heterocycles. The van der Waals surface area contributed by atoms with Crippen LogP contribution in [0.2, 0.25) is 0 Å². The first-order chi connectivity index (χ1) is 4.83. The van der Waals surface area contributed by atoms with Gasteiger partial charge in [0.25, 0.3) is 0 Å². The van der Waals surface area contributed by atoms with Crippen LogP contribution < -0.4 is 0 Å². The Kier molecular flexibility index (Phi) is 23.9. The van der Waals surface area contributed by atoms with Crippen molar-refractivity contribution in [1.29, 1.82) is 0 Å². The van der Waals surface area contributed by atoms with Crippen molar-refractivity contribution in [1.82, 2.24) is 0 Å². The van der Waals surface area contributed by atoms with E-state index >= 15 is 0 Å². The Hall–Kier alpha value is 1.58. The minimum absolute atomic E-state index is 0.250. The van der Waals surface area contributed by atoms with E-state index in [1.807, 2.05) is 0 Å². The molecule has 0 saturated carbocycles. The van der Waals surface area contributed by atoms with Crippen molar-refractivity contribution in [3.8, 4) is 0 Å². The van der Waals surface area contributed by atoms with E-state index in [0.29, 0.717) is 0 Å². The normalized spacial score (nSPS) is 7.60. The van der Waals surface area contributed by atoms with E-state index in [9.17, 15) is 0 Å². The van der Waals surface area contributed by atoms with Crippen LogP contribution in [0.5, 0.6) is 0 Å². The van der Waals surface area contributed by atoms with E-state index in [-0.39, 0.29) is 13.2 Å². The summed E-state index contributed by atoms with van der Waals surface area (Å²) in [7, 11) is 0. The van der Waals surface area contributed by atoms with Gasteiger partial charge in [0.15, 0.2) is 0 Å². The van der Waals surface area contributed by atoms with Crippen molar-refractivity contribution in [2.24, 2.45) is 0 Å². The summed E-state index contributed by atoms with van der Waals surface area (Å²) in [6.07, 6.45) is 7.65. The number of unbranched alkanes of at least 4 members (excludes halogenated alkanes) is 4. The zero-order valence-corrected chi connectivity index (χ0v) is 13.0. The minimum atomic E-state index is -0.250. The van der Waals surface area contributed by atoms with E-state index in [2.05, 4.69) is 47.5 Å². The summed E-state index contributed by atoms with van der Waals surface area (Å²) in [5.41, 5.74) is 0. The van der Waals surface area contributed by atoms with Gasteiger partial charge in [0.2, 0.25) is 0 Å². The van der Waals surface area contributed by atoms with E-state index in [4.69, 9.17) is 0 Å². The molecule has 0 aromatic rings. The quantitative estimate of drug-likeness (QED) is 0.528. The molecule has 0 atom stereocenters. The van der Waals surface area contributed by atoms with Crippen molar-refractivity contribution in [2.75, 3.05) is 0 Å². The maximum atomic E-state index is 3.25. The fraction of sp³-hybridized carbons (Fsp3) is 0.857. The Bertz CT molecular complexity index is 38.6. The van der Waals surface area contributed by atoms with Crippen molar-refractivity contribution < 1.29 is 13.2 Å². The van der Waals surface area contributed by atoms with Crippen LogP contribution in [-0.2, 0) is 13.2 Å². The molecular formula is C7H15Br2Zn. The fourth-order valence-electron chi connectivity index (χ4n) is 0.598. The monoisotopic (exact) mass is 321 g/mol. The molecule has 0 aliphatic carbocycles. The van der Waals surface area contributed by atoms with Gasteiger partial charge < -0.3 is 0 Å². The van der Waals surface area contributed by atoms with Crippen LogP contribution in [0.15, 0.2) is 0 Å². The van der Waals surface area contributed by atoms with E-state index in [1.165, 1.54) is 25.7 Å². The van der Waals surface area contributed by atoms with Gasteiger partial charge in [-0.15, -0.1) is 0 Å². The average Bonchev–Trinajstić information content (AvgIpc) is 1.91. The van der Waals surface area contributed by atoms with E-state index in [1.54, 1.807) is 0 Å². The van der Waals surface area contributed by atoms with Crippen LogP contribution >= 0.6 is 27.2 Å². The molecular weight excluding hydrogens is 309 g/mol. The van der Waals surface area contributed by atoms with Gasteiger partial charge >= 0.3 is 40.5 Å². The fourth-order valence-corrected chi connectivity index (χ4v) is 0.598. The predicted octanol–water partition coefficient (Wildman–Crippen LogP) is 4.48. The molecule has 0 aromatic heterocycles. The van der Waals surface area contributed by atoms with Crippen LogP contribution in [0.25, 0.3) is 0 Å². The molecule has 0 spiro atoms. The number of rotatable bonds is 4. The van der Waals surface area contributed by atoms with Crippen LogP contribution in [0, 0.1) is 6.42 Å². The molecule has 0 rings (SSSR count). The Morgan fingerprint density at radius 3 is 2.10 bits per heavy atom. The third kappa shape index (κ3) is 22.6.